The zero-order chi connectivity index (χ0) is 11.1. The summed E-state index contributed by atoms with van der Waals surface area (Å²) in [5.41, 5.74) is 1.09. The molecule has 0 saturated carbocycles. The highest BCUT2D eigenvalue weighted by Gasteiger charge is 2.41. The Kier molecular flexibility index (Phi) is 2.90. The van der Waals surface area contributed by atoms with Crippen molar-refractivity contribution in [3.05, 3.63) is 18.0 Å². The van der Waals surface area contributed by atoms with E-state index in [0.29, 0.717) is 10.7 Å². The van der Waals surface area contributed by atoms with E-state index < -0.39 is 0 Å². The molecule has 0 aliphatic carbocycles. The summed E-state index contributed by atoms with van der Waals surface area (Å²) in [6, 6.07) is 2.07. The van der Waals surface area contributed by atoms with Gasteiger partial charge in [-0.2, -0.15) is 5.10 Å². The molecule has 1 aromatic rings. The van der Waals surface area contributed by atoms with E-state index in [1.165, 1.54) is 0 Å². The predicted molar refractivity (Wildman–Crippen MR) is 63.1 cm³/mol. The molecule has 15 heavy (non-hydrogen) atoms. The molecular formula is C11H17BrN2O. The lowest BCUT2D eigenvalue weighted by atomic mass is 9.94. The SMILES string of the molecule is Cn1ccc(CC2COC(C)(C)C2Br)n1. The summed E-state index contributed by atoms with van der Waals surface area (Å²) in [5, 5.41) is 4.40. The van der Waals surface area contributed by atoms with E-state index in [-0.39, 0.29) is 5.60 Å². The normalized spacial score (nSPS) is 29.6. The van der Waals surface area contributed by atoms with Crippen molar-refractivity contribution in [1.29, 1.82) is 0 Å². The number of nitrogens with zero attached hydrogens (tertiary/aromatic N) is 2. The Bertz CT molecular complexity index is 348. The molecule has 2 atom stereocenters. The molecule has 1 aromatic heterocycles. The molecule has 1 saturated heterocycles. The molecule has 1 aliphatic rings. The van der Waals surface area contributed by atoms with Crippen LogP contribution in [0.5, 0.6) is 0 Å². The predicted octanol–water partition coefficient (Wildman–Crippen LogP) is 2.15. The van der Waals surface area contributed by atoms with E-state index in [2.05, 4.69) is 40.9 Å². The Hall–Kier alpha value is -0.350. The smallest absolute Gasteiger partial charge is 0.0754 e. The van der Waals surface area contributed by atoms with Crippen molar-refractivity contribution >= 4 is 15.9 Å². The van der Waals surface area contributed by atoms with Gasteiger partial charge >= 0.3 is 0 Å². The van der Waals surface area contributed by atoms with E-state index in [1.807, 2.05) is 17.9 Å². The Morgan fingerprint density at radius 1 is 1.67 bits per heavy atom. The van der Waals surface area contributed by atoms with Crippen LogP contribution in [0.4, 0.5) is 0 Å². The summed E-state index contributed by atoms with van der Waals surface area (Å²) in [5.74, 6) is 0.523. The van der Waals surface area contributed by atoms with Gasteiger partial charge in [-0.1, -0.05) is 15.9 Å². The lowest BCUT2D eigenvalue weighted by Crippen LogP contribution is -2.30. The lowest BCUT2D eigenvalue weighted by molar-refractivity contribution is 0.0380. The average molecular weight is 273 g/mol. The number of aryl methyl sites for hydroxylation is 1. The van der Waals surface area contributed by atoms with Gasteiger partial charge in [0.2, 0.25) is 0 Å². The van der Waals surface area contributed by atoms with E-state index in [0.717, 1.165) is 18.7 Å². The molecule has 84 valence electrons. The maximum Gasteiger partial charge on any atom is 0.0754 e. The van der Waals surface area contributed by atoms with Crippen molar-refractivity contribution in [2.24, 2.45) is 13.0 Å². The minimum Gasteiger partial charge on any atom is -0.374 e. The number of alkyl halides is 1. The Labute approximate surface area is 98.9 Å². The number of ether oxygens (including phenoxy) is 1. The molecule has 0 N–H and O–H groups in total. The summed E-state index contributed by atoms with van der Waals surface area (Å²) in [4.78, 5) is 0.409. The third kappa shape index (κ3) is 2.26. The van der Waals surface area contributed by atoms with Crippen LogP contribution in [-0.2, 0) is 18.2 Å². The summed E-state index contributed by atoms with van der Waals surface area (Å²) in [6.07, 6.45) is 2.97. The van der Waals surface area contributed by atoms with Gasteiger partial charge in [-0.25, -0.2) is 0 Å². The quantitative estimate of drug-likeness (QED) is 0.772. The number of hydrogen-bond donors (Lipinski definition) is 0. The first-order valence-corrected chi connectivity index (χ1v) is 6.17. The molecule has 3 nitrogen and oxygen atoms in total. The van der Waals surface area contributed by atoms with Crippen LogP contribution in [0.2, 0.25) is 0 Å². The number of halogens is 1. The molecule has 2 unspecified atom stereocenters. The Balaban J connectivity index is 2.02. The number of aromatic nitrogens is 2. The van der Waals surface area contributed by atoms with Gasteiger partial charge in [-0.05, 0) is 26.3 Å². The third-order valence-electron chi connectivity index (χ3n) is 2.99. The van der Waals surface area contributed by atoms with Crippen molar-refractivity contribution in [2.75, 3.05) is 6.61 Å². The molecule has 0 amide bonds. The van der Waals surface area contributed by atoms with Crippen LogP contribution >= 0.6 is 15.9 Å². The number of rotatable bonds is 2. The van der Waals surface area contributed by atoms with Gasteiger partial charge in [0.15, 0.2) is 0 Å². The Morgan fingerprint density at radius 2 is 2.40 bits per heavy atom. The fourth-order valence-corrected chi connectivity index (χ4v) is 2.53. The second-order valence-corrected chi connectivity index (χ2v) is 5.75. The second-order valence-electron chi connectivity index (χ2n) is 4.76. The largest absolute Gasteiger partial charge is 0.374 e. The fraction of sp³-hybridized carbons (Fsp3) is 0.727. The van der Waals surface area contributed by atoms with Crippen LogP contribution < -0.4 is 0 Å². The van der Waals surface area contributed by atoms with Gasteiger partial charge in [0.25, 0.3) is 0 Å². The third-order valence-corrected chi connectivity index (χ3v) is 4.84. The molecule has 1 aliphatic heterocycles. The van der Waals surface area contributed by atoms with Crippen LogP contribution in [0.1, 0.15) is 19.5 Å². The minimum atomic E-state index is -0.0561. The van der Waals surface area contributed by atoms with Gasteiger partial charge in [0.05, 0.1) is 17.9 Å². The minimum absolute atomic E-state index is 0.0561. The van der Waals surface area contributed by atoms with Crippen molar-refractivity contribution in [3.63, 3.8) is 0 Å². The molecule has 2 rings (SSSR count). The molecular weight excluding hydrogens is 256 g/mol. The van der Waals surface area contributed by atoms with Crippen molar-refractivity contribution < 1.29 is 4.74 Å². The fourth-order valence-electron chi connectivity index (χ4n) is 2.06. The van der Waals surface area contributed by atoms with Crippen LogP contribution in [0.3, 0.4) is 0 Å². The van der Waals surface area contributed by atoms with Gasteiger partial charge in [0, 0.05) is 24.0 Å². The second kappa shape index (κ2) is 3.91. The number of hydrogen-bond acceptors (Lipinski definition) is 2. The summed E-state index contributed by atoms with van der Waals surface area (Å²) in [6.45, 7) is 5.08. The van der Waals surface area contributed by atoms with Crippen molar-refractivity contribution in [3.8, 4) is 0 Å². The van der Waals surface area contributed by atoms with Crippen molar-refractivity contribution in [1.82, 2.24) is 9.78 Å². The highest BCUT2D eigenvalue weighted by molar-refractivity contribution is 9.09. The van der Waals surface area contributed by atoms with E-state index in [1.54, 1.807) is 0 Å². The van der Waals surface area contributed by atoms with E-state index in [9.17, 15) is 0 Å². The molecule has 2 heterocycles. The molecule has 4 heteroatoms. The van der Waals surface area contributed by atoms with Gasteiger partial charge < -0.3 is 4.74 Å². The molecule has 0 aromatic carbocycles. The van der Waals surface area contributed by atoms with Crippen LogP contribution in [-0.4, -0.2) is 26.8 Å². The van der Waals surface area contributed by atoms with E-state index in [4.69, 9.17) is 4.74 Å². The standard InChI is InChI=1S/C11H17BrN2O/c1-11(2)10(12)8(7-15-11)6-9-4-5-14(3)13-9/h4-5,8,10H,6-7H2,1-3H3. The molecule has 1 fully saturated rings. The van der Waals surface area contributed by atoms with Gasteiger partial charge in [-0.3, -0.25) is 4.68 Å². The summed E-state index contributed by atoms with van der Waals surface area (Å²) >= 11 is 3.73. The Morgan fingerprint density at radius 3 is 2.87 bits per heavy atom. The monoisotopic (exact) mass is 272 g/mol. The van der Waals surface area contributed by atoms with Gasteiger partial charge in [0.1, 0.15) is 0 Å². The maximum atomic E-state index is 5.76. The lowest BCUT2D eigenvalue weighted by Gasteiger charge is -2.22. The van der Waals surface area contributed by atoms with E-state index >= 15 is 0 Å². The highest BCUT2D eigenvalue weighted by Crippen LogP contribution is 2.37. The molecule has 0 spiro atoms. The van der Waals surface area contributed by atoms with Crippen LogP contribution in [0, 0.1) is 5.92 Å². The average Bonchev–Trinajstić information content (AvgIpc) is 2.66. The zero-order valence-corrected chi connectivity index (χ0v) is 11.0. The van der Waals surface area contributed by atoms with Gasteiger partial charge in [-0.15, -0.1) is 0 Å². The summed E-state index contributed by atoms with van der Waals surface area (Å²) < 4.78 is 7.61. The first kappa shape index (κ1) is 11.1. The topological polar surface area (TPSA) is 27.1 Å². The van der Waals surface area contributed by atoms with Crippen LogP contribution in [0.15, 0.2) is 12.3 Å². The summed E-state index contributed by atoms with van der Waals surface area (Å²) in [7, 11) is 1.95. The maximum absolute atomic E-state index is 5.76. The zero-order valence-electron chi connectivity index (χ0n) is 9.40. The first-order valence-electron chi connectivity index (χ1n) is 5.25. The first-order chi connectivity index (χ1) is 6.99. The van der Waals surface area contributed by atoms with Crippen molar-refractivity contribution in [2.45, 2.75) is 30.7 Å². The molecule has 0 radical (unpaired) electrons. The highest BCUT2D eigenvalue weighted by atomic mass is 79.9. The molecule has 0 bridgehead atoms. The van der Waals surface area contributed by atoms with Crippen LogP contribution in [0.25, 0.3) is 0 Å².